The molecule has 2 nitrogen and oxygen atoms in total. The summed E-state index contributed by atoms with van der Waals surface area (Å²) in [5, 5.41) is 10.1. The highest BCUT2D eigenvalue weighted by Gasteiger charge is 2.11. The van der Waals surface area contributed by atoms with Crippen LogP contribution in [0.25, 0.3) is 0 Å². The van der Waals surface area contributed by atoms with Crippen molar-refractivity contribution in [2.75, 3.05) is 0 Å². The average Bonchev–Trinajstić information content (AvgIpc) is 2.32. The molecule has 0 aliphatic carbocycles. The van der Waals surface area contributed by atoms with E-state index < -0.39 is 6.10 Å². The average molecular weight is 310 g/mol. The van der Waals surface area contributed by atoms with Crippen LogP contribution in [0.3, 0.4) is 0 Å². The molecule has 0 aliphatic heterocycles. The van der Waals surface area contributed by atoms with Crippen LogP contribution in [0.15, 0.2) is 41.1 Å². The third-order valence-corrected chi connectivity index (χ3v) is 3.45. The van der Waals surface area contributed by atoms with Crippen molar-refractivity contribution in [2.24, 2.45) is 0 Å². The Morgan fingerprint density at radius 1 is 1.33 bits per heavy atom. The van der Waals surface area contributed by atoms with Crippen LogP contribution in [0, 0.1) is 12.7 Å². The number of halogens is 2. The summed E-state index contributed by atoms with van der Waals surface area (Å²) >= 11 is 3.30. The highest BCUT2D eigenvalue weighted by Crippen LogP contribution is 2.24. The number of rotatable bonds is 3. The number of aromatic nitrogens is 1. The van der Waals surface area contributed by atoms with Gasteiger partial charge in [-0.3, -0.25) is 4.98 Å². The summed E-state index contributed by atoms with van der Waals surface area (Å²) in [6.45, 7) is 1.93. The Morgan fingerprint density at radius 2 is 2.11 bits per heavy atom. The van der Waals surface area contributed by atoms with Crippen molar-refractivity contribution in [2.45, 2.75) is 19.4 Å². The van der Waals surface area contributed by atoms with Gasteiger partial charge in [-0.1, -0.05) is 28.1 Å². The van der Waals surface area contributed by atoms with E-state index in [0.717, 1.165) is 16.7 Å². The van der Waals surface area contributed by atoms with Crippen molar-refractivity contribution in [1.29, 1.82) is 0 Å². The lowest BCUT2D eigenvalue weighted by atomic mass is 10.0. The number of nitrogens with zero attached hydrogens (tertiary/aromatic N) is 1. The standard InChI is InChI=1S/C14H13BrFNO/c1-9-4-11(8-17-7-9)14(18)5-10-2-3-12(16)6-13(10)15/h2-4,6-8,14,18H,5H2,1H3. The topological polar surface area (TPSA) is 33.1 Å². The summed E-state index contributed by atoms with van der Waals surface area (Å²) in [7, 11) is 0. The molecule has 2 aromatic rings. The molecule has 4 heteroatoms. The van der Waals surface area contributed by atoms with E-state index in [4.69, 9.17) is 0 Å². The molecular weight excluding hydrogens is 297 g/mol. The summed E-state index contributed by atoms with van der Waals surface area (Å²) < 4.78 is 13.6. The molecule has 0 saturated heterocycles. The molecule has 1 heterocycles. The number of hydrogen-bond acceptors (Lipinski definition) is 2. The van der Waals surface area contributed by atoms with Crippen molar-refractivity contribution in [1.82, 2.24) is 4.98 Å². The molecule has 94 valence electrons. The second-order valence-corrected chi connectivity index (χ2v) is 5.11. The van der Waals surface area contributed by atoms with Gasteiger partial charge in [0, 0.05) is 23.3 Å². The zero-order chi connectivity index (χ0) is 13.1. The zero-order valence-electron chi connectivity index (χ0n) is 9.90. The fraction of sp³-hybridized carbons (Fsp3) is 0.214. The van der Waals surface area contributed by atoms with Gasteiger partial charge in [0.2, 0.25) is 0 Å². The fourth-order valence-corrected chi connectivity index (χ4v) is 2.29. The fourth-order valence-electron chi connectivity index (χ4n) is 1.77. The number of aliphatic hydroxyl groups is 1. The van der Waals surface area contributed by atoms with Crippen molar-refractivity contribution in [3.8, 4) is 0 Å². The van der Waals surface area contributed by atoms with Gasteiger partial charge in [0.25, 0.3) is 0 Å². The van der Waals surface area contributed by atoms with Crippen LogP contribution in [0.5, 0.6) is 0 Å². The number of aliphatic hydroxyl groups excluding tert-OH is 1. The first-order valence-corrected chi connectivity index (χ1v) is 6.39. The van der Waals surface area contributed by atoms with Crippen molar-refractivity contribution < 1.29 is 9.50 Å². The number of pyridine rings is 1. The Labute approximate surface area is 114 Å². The molecule has 0 bridgehead atoms. The summed E-state index contributed by atoms with van der Waals surface area (Å²) in [4.78, 5) is 4.05. The quantitative estimate of drug-likeness (QED) is 0.940. The van der Waals surface area contributed by atoms with Crippen molar-refractivity contribution >= 4 is 15.9 Å². The lowest BCUT2D eigenvalue weighted by Gasteiger charge is -2.12. The zero-order valence-corrected chi connectivity index (χ0v) is 11.5. The monoisotopic (exact) mass is 309 g/mol. The van der Waals surface area contributed by atoms with Crippen LogP contribution in [-0.2, 0) is 6.42 Å². The number of benzene rings is 1. The third kappa shape index (κ3) is 3.15. The van der Waals surface area contributed by atoms with Crippen LogP contribution in [0.2, 0.25) is 0 Å². The Bertz CT molecular complexity index is 559. The van der Waals surface area contributed by atoms with E-state index in [9.17, 15) is 9.50 Å². The molecule has 1 unspecified atom stereocenters. The van der Waals surface area contributed by atoms with Crippen LogP contribution in [0.1, 0.15) is 22.8 Å². The molecule has 0 fully saturated rings. The second kappa shape index (κ2) is 5.59. The lowest BCUT2D eigenvalue weighted by Crippen LogP contribution is -2.03. The van der Waals surface area contributed by atoms with Crippen LogP contribution < -0.4 is 0 Å². The minimum absolute atomic E-state index is 0.294. The smallest absolute Gasteiger partial charge is 0.124 e. The summed E-state index contributed by atoms with van der Waals surface area (Å²) in [5.74, 6) is -0.294. The highest BCUT2D eigenvalue weighted by molar-refractivity contribution is 9.10. The molecule has 0 aliphatic rings. The highest BCUT2D eigenvalue weighted by atomic mass is 79.9. The molecule has 0 saturated carbocycles. The van der Waals surface area contributed by atoms with E-state index in [-0.39, 0.29) is 5.82 Å². The van der Waals surface area contributed by atoms with E-state index in [1.165, 1.54) is 12.1 Å². The van der Waals surface area contributed by atoms with Gasteiger partial charge in [0.15, 0.2) is 0 Å². The summed E-state index contributed by atoms with van der Waals surface area (Å²) in [6.07, 6.45) is 3.17. The van der Waals surface area contributed by atoms with Crippen LogP contribution in [0.4, 0.5) is 4.39 Å². The number of aryl methyl sites for hydroxylation is 1. The van der Waals surface area contributed by atoms with E-state index >= 15 is 0 Å². The maximum Gasteiger partial charge on any atom is 0.124 e. The summed E-state index contributed by atoms with van der Waals surface area (Å²) in [6, 6.07) is 6.36. The maximum atomic E-state index is 13.0. The molecular formula is C14H13BrFNO. The minimum atomic E-state index is -0.640. The first kappa shape index (κ1) is 13.2. The Kier molecular flexibility index (Phi) is 4.09. The van der Waals surface area contributed by atoms with E-state index in [0.29, 0.717) is 10.9 Å². The van der Waals surface area contributed by atoms with E-state index in [1.807, 2.05) is 13.0 Å². The van der Waals surface area contributed by atoms with Gasteiger partial charge in [-0.2, -0.15) is 0 Å². The first-order valence-electron chi connectivity index (χ1n) is 5.60. The van der Waals surface area contributed by atoms with Gasteiger partial charge in [0.05, 0.1) is 6.10 Å². The third-order valence-electron chi connectivity index (χ3n) is 2.71. The van der Waals surface area contributed by atoms with E-state index in [2.05, 4.69) is 20.9 Å². The Balaban J connectivity index is 2.18. The summed E-state index contributed by atoms with van der Waals surface area (Å²) in [5.41, 5.74) is 2.64. The SMILES string of the molecule is Cc1cncc(C(O)Cc2ccc(F)cc2Br)c1. The molecule has 0 radical (unpaired) electrons. The normalized spacial score (nSPS) is 12.4. The Hall–Kier alpha value is -1.26. The van der Waals surface area contributed by atoms with Crippen LogP contribution in [-0.4, -0.2) is 10.1 Å². The van der Waals surface area contributed by atoms with Gasteiger partial charge < -0.3 is 5.11 Å². The predicted molar refractivity (Wildman–Crippen MR) is 71.7 cm³/mol. The molecule has 0 amide bonds. The molecule has 1 aromatic carbocycles. The molecule has 1 N–H and O–H groups in total. The molecule has 1 aromatic heterocycles. The van der Waals surface area contributed by atoms with Crippen molar-refractivity contribution in [3.63, 3.8) is 0 Å². The second-order valence-electron chi connectivity index (χ2n) is 4.25. The predicted octanol–water partition coefficient (Wildman–Crippen LogP) is 3.57. The van der Waals surface area contributed by atoms with Gasteiger partial charge in [-0.05, 0) is 35.7 Å². The van der Waals surface area contributed by atoms with Gasteiger partial charge in [-0.15, -0.1) is 0 Å². The molecule has 2 rings (SSSR count). The maximum absolute atomic E-state index is 13.0. The first-order chi connectivity index (χ1) is 8.56. The van der Waals surface area contributed by atoms with Crippen molar-refractivity contribution in [3.05, 3.63) is 63.6 Å². The molecule has 0 spiro atoms. The number of hydrogen-bond donors (Lipinski definition) is 1. The van der Waals surface area contributed by atoms with Crippen LogP contribution >= 0.6 is 15.9 Å². The molecule has 18 heavy (non-hydrogen) atoms. The minimum Gasteiger partial charge on any atom is -0.388 e. The largest absolute Gasteiger partial charge is 0.388 e. The lowest BCUT2D eigenvalue weighted by molar-refractivity contribution is 0.177. The Morgan fingerprint density at radius 3 is 2.78 bits per heavy atom. The van der Waals surface area contributed by atoms with Gasteiger partial charge >= 0.3 is 0 Å². The van der Waals surface area contributed by atoms with E-state index in [1.54, 1.807) is 18.5 Å². The van der Waals surface area contributed by atoms with Gasteiger partial charge in [0.1, 0.15) is 5.82 Å². The van der Waals surface area contributed by atoms with Gasteiger partial charge in [-0.25, -0.2) is 4.39 Å². The molecule has 1 atom stereocenters.